The summed E-state index contributed by atoms with van der Waals surface area (Å²) in [4.78, 5) is 13.1. The summed E-state index contributed by atoms with van der Waals surface area (Å²) in [5, 5.41) is 4.18. The van der Waals surface area contributed by atoms with Crippen LogP contribution in [0.15, 0.2) is 41.4 Å². The fourth-order valence-corrected chi connectivity index (χ4v) is 4.03. The first-order chi connectivity index (χ1) is 14.6. The van der Waals surface area contributed by atoms with Crippen molar-refractivity contribution in [3.05, 3.63) is 58.8 Å². The average Bonchev–Trinajstić information content (AvgIpc) is 3.50. The Morgan fingerprint density at radius 2 is 2.00 bits per heavy atom. The molecule has 0 amide bonds. The van der Waals surface area contributed by atoms with E-state index in [1.54, 1.807) is 19.8 Å². The van der Waals surface area contributed by atoms with Crippen molar-refractivity contribution >= 4 is 23.4 Å². The van der Waals surface area contributed by atoms with Gasteiger partial charge in [0.15, 0.2) is 11.5 Å². The Bertz CT molecular complexity index is 1250. The van der Waals surface area contributed by atoms with Crippen LogP contribution < -0.4 is 4.74 Å². The first-order valence-electron chi connectivity index (χ1n) is 9.57. The molecular weight excluding hydrogens is 404 g/mol. The predicted octanol–water partition coefficient (Wildman–Crippen LogP) is 3.18. The second kappa shape index (κ2) is 7.62. The Hall–Kier alpha value is -3.11. The Morgan fingerprint density at radius 1 is 1.20 bits per heavy atom. The van der Waals surface area contributed by atoms with E-state index in [1.165, 1.54) is 0 Å². The summed E-state index contributed by atoms with van der Waals surface area (Å²) in [6, 6.07) is 7.93. The van der Waals surface area contributed by atoms with E-state index >= 15 is 0 Å². The lowest BCUT2D eigenvalue weighted by molar-refractivity contribution is 0.110. The van der Waals surface area contributed by atoms with Gasteiger partial charge in [-0.1, -0.05) is 29.5 Å². The first-order valence-corrected chi connectivity index (χ1v) is 9.97. The molecule has 9 nitrogen and oxygen atoms in total. The van der Waals surface area contributed by atoms with Gasteiger partial charge in [0.1, 0.15) is 22.5 Å². The molecule has 4 aromatic rings. The van der Waals surface area contributed by atoms with Crippen LogP contribution in [0.25, 0.3) is 11.2 Å². The lowest BCUT2D eigenvalue weighted by atomic mass is 10.00. The number of ether oxygens (including phenoxy) is 2. The molecule has 1 fully saturated rings. The summed E-state index contributed by atoms with van der Waals surface area (Å²) in [5.41, 5.74) is 2.54. The summed E-state index contributed by atoms with van der Waals surface area (Å²) < 4.78 is 21.0. The van der Waals surface area contributed by atoms with Gasteiger partial charge in [-0.3, -0.25) is 0 Å². The Kier molecular flexibility index (Phi) is 4.80. The fraction of sp³-hybridized carbons (Fsp3) is 0.350. The molecule has 154 valence electrons. The van der Waals surface area contributed by atoms with E-state index in [9.17, 15) is 0 Å². The molecule has 0 saturated carbocycles. The predicted molar refractivity (Wildman–Crippen MR) is 110 cm³/mol. The van der Waals surface area contributed by atoms with Crippen molar-refractivity contribution in [3.63, 3.8) is 0 Å². The molecule has 0 N–H and O–H groups in total. The number of fused-ring (bicyclic) bond motifs is 1. The molecule has 0 bridgehead atoms. The van der Waals surface area contributed by atoms with Crippen molar-refractivity contribution in [3.8, 4) is 5.75 Å². The maximum atomic E-state index is 5.97. The molecule has 2 atom stereocenters. The minimum atomic E-state index is 0.00734. The van der Waals surface area contributed by atoms with E-state index in [1.807, 2.05) is 40.4 Å². The van der Waals surface area contributed by atoms with Crippen LogP contribution >= 0.6 is 12.2 Å². The minimum absolute atomic E-state index is 0.00734. The number of nitrogens with zero attached hydrogens (tertiary/aromatic N) is 6. The van der Waals surface area contributed by atoms with Crippen molar-refractivity contribution in [2.24, 2.45) is 7.05 Å². The van der Waals surface area contributed by atoms with Gasteiger partial charge in [0.25, 0.3) is 0 Å². The summed E-state index contributed by atoms with van der Waals surface area (Å²) in [6.07, 6.45) is 4.16. The number of aryl methyl sites for hydroxylation is 1. The zero-order chi connectivity index (χ0) is 20.7. The van der Waals surface area contributed by atoms with Gasteiger partial charge in [-0.15, -0.1) is 0 Å². The van der Waals surface area contributed by atoms with Gasteiger partial charge < -0.3 is 23.1 Å². The van der Waals surface area contributed by atoms with Crippen LogP contribution in [0.2, 0.25) is 0 Å². The fourth-order valence-electron chi connectivity index (χ4n) is 3.69. The third-order valence-corrected chi connectivity index (χ3v) is 5.77. The molecule has 1 aliphatic rings. The molecule has 5 rings (SSSR count). The van der Waals surface area contributed by atoms with Gasteiger partial charge in [-0.05, 0) is 24.1 Å². The third-order valence-electron chi connectivity index (χ3n) is 5.34. The van der Waals surface area contributed by atoms with E-state index in [0.717, 1.165) is 23.3 Å². The highest BCUT2D eigenvalue weighted by molar-refractivity contribution is 7.71. The van der Waals surface area contributed by atoms with Crippen molar-refractivity contribution < 1.29 is 14.0 Å². The van der Waals surface area contributed by atoms with Crippen LogP contribution in [0.3, 0.4) is 0 Å². The van der Waals surface area contributed by atoms with Gasteiger partial charge in [0, 0.05) is 13.0 Å². The van der Waals surface area contributed by atoms with Crippen LogP contribution in [0.4, 0.5) is 0 Å². The molecule has 1 aliphatic heterocycles. The summed E-state index contributed by atoms with van der Waals surface area (Å²) >= 11 is 5.58. The second-order valence-corrected chi connectivity index (χ2v) is 7.67. The number of methoxy groups -OCH3 is 1. The number of hydrogen-bond donors (Lipinski definition) is 0. The van der Waals surface area contributed by atoms with Gasteiger partial charge in [-0.25, -0.2) is 9.97 Å². The minimum Gasteiger partial charge on any atom is -0.497 e. The lowest BCUT2D eigenvalue weighted by Crippen LogP contribution is -2.06. The SMILES string of the molecule is COc1ccc([C@H]2C[C@H](c3noc(Cn4cnc5ncn(C)c5c4=S)n3)CO2)cc1. The van der Waals surface area contributed by atoms with E-state index in [2.05, 4.69) is 20.1 Å². The normalized spacial score (nSPS) is 18.9. The van der Waals surface area contributed by atoms with E-state index in [4.69, 9.17) is 26.2 Å². The van der Waals surface area contributed by atoms with E-state index < -0.39 is 0 Å². The monoisotopic (exact) mass is 424 g/mol. The summed E-state index contributed by atoms with van der Waals surface area (Å²) in [7, 11) is 3.55. The maximum Gasteiger partial charge on any atom is 0.246 e. The molecule has 10 heteroatoms. The molecule has 30 heavy (non-hydrogen) atoms. The molecule has 0 spiro atoms. The van der Waals surface area contributed by atoms with Crippen molar-refractivity contribution in [2.75, 3.05) is 13.7 Å². The van der Waals surface area contributed by atoms with Crippen LogP contribution in [0.5, 0.6) is 5.75 Å². The molecule has 3 aromatic heterocycles. The van der Waals surface area contributed by atoms with E-state index in [0.29, 0.717) is 35.2 Å². The third kappa shape index (κ3) is 3.37. The van der Waals surface area contributed by atoms with Gasteiger partial charge in [0.05, 0.1) is 32.5 Å². The molecule has 0 radical (unpaired) electrons. The van der Waals surface area contributed by atoms with E-state index in [-0.39, 0.29) is 12.0 Å². The highest BCUT2D eigenvalue weighted by atomic mass is 32.1. The van der Waals surface area contributed by atoms with Crippen molar-refractivity contribution in [1.29, 1.82) is 0 Å². The smallest absolute Gasteiger partial charge is 0.246 e. The Labute approximate surface area is 177 Å². The molecule has 1 aromatic carbocycles. The highest BCUT2D eigenvalue weighted by Crippen LogP contribution is 2.37. The first kappa shape index (κ1) is 18.9. The number of rotatable bonds is 5. The lowest BCUT2D eigenvalue weighted by Gasteiger charge is -2.10. The topological polar surface area (TPSA) is 93.0 Å². The number of imidazole rings is 1. The molecule has 4 heterocycles. The van der Waals surface area contributed by atoms with Gasteiger partial charge in [0.2, 0.25) is 5.89 Å². The quantitative estimate of drug-likeness (QED) is 0.451. The summed E-state index contributed by atoms with van der Waals surface area (Å²) in [6.45, 7) is 0.910. The van der Waals surface area contributed by atoms with Gasteiger partial charge >= 0.3 is 0 Å². The summed E-state index contributed by atoms with van der Waals surface area (Å²) in [5.74, 6) is 2.05. The molecule has 0 aliphatic carbocycles. The Balaban J connectivity index is 1.31. The van der Waals surface area contributed by atoms with Crippen LogP contribution in [-0.2, 0) is 18.3 Å². The zero-order valence-electron chi connectivity index (χ0n) is 16.6. The number of aromatic nitrogens is 6. The molecule has 1 saturated heterocycles. The van der Waals surface area contributed by atoms with Crippen molar-refractivity contribution in [1.82, 2.24) is 29.2 Å². The maximum absolute atomic E-state index is 5.97. The average molecular weight is 424 g/mol. The zero-order valence-corrected chi connectivity index (χ0v) is 17.4. The Morgan fingerprint density at radius 3 is 2.80 bits per heavy atom. The standard InChI is InChI=1S/C20H20N6O3S/c1-25-10-21-19-17(25)20(30)26(11-22-19)8-16-23-18(24-29-16)13-7-15(28-9-13)12-3-5-14(27-2)6-4-12/h3-6,10-11,13,15H,7-9H2,1-2H3/t13-,15+/m0/s1. The second-order valence-electron chi connectivity index (χ2n) is 7.28. The molecular formula is C20H20N6O3S. The van der Waals surface area contributed by atoms with Crippen LogP contribution in [-0.4, -0.2) is 43.0 Å². The molecule has 0 unspecified atom stereocenters. The number of hydrogen-bond acceptors (Lipinski definition) is 8. The number of benzene rings is 1. The van der Waals surface area contributed by atoms with Crippen LogP contribution in [0, 0.1) is 4.64 Å². The van der Waals surface area contributed by atoms with Gasteiger partial charge in [-0.2, -0.15) is 4.98 Å². The largest absolute Gasteiger partial charge is 0.497 e. The highest BCUT2D eigenvalue weighted by Gasteiger charge is 2.31. The van der Waals surface area contributed by atoms with Crippen LogP contribution in [0.1, 0.15) is 35.7 Å². The van der Waals surface area contributed by atoms with Crippen molar-refractivity contribution in [2.45, 2.75) is 25.0 Å².